The van der Waals surface area contributed by atoms with Crippen LogP contribution in [0.25, 0.3) is 10.8 Å². The third kappa shape index (κ3) is 4.09. The Morgan fingerprint density at radius 1 is 1.10 bits per heavy atom. The third-order valence-electron chi connectivity index (χ3n) is 5.64. The zero-order valence-corrected chi connectivity index (χ0v) is 17.3. The molecule has 1 amide bonds. The Balaban J connectivity index is 1.56. The van der Waals surface area contributed by atoms with Crippen molar-refractivity contribution in [1.29, 1.82) is 0 Å². The highest BCUT2D eigenvalue weighted by atomic mass is 16.2. The standard InChI is InChI=1S/C24H27N3O2/c1-16(2)19-10-8-18(9-11-19)14-26(20-12-13-20)23(28)15-27-24(29)22-7-5-4-6-21(22)17(3)25-27/h4-11,16,20H,12-15H2,1-3H3. The lowest BCUT2D eigenvalue weighted by Gasteiger charge is -2.23. The van der Waals surface area contributed by atoms with E-state index in [1.54, 1.807) is 6.07 Å². The number of aromatic nitrogens is 2. The zero-order chi connectivity index (χ0) is 20.5. The zero-order valence-electron chi connectivity index (χ0n) is 17.3. The van der Waals surface area contributed by atoms with E-state index < -0.39 is 0 Å². The summed E-state index contributed by atoms with van der Waals surface area (Å²) in [7, 11) is 0. The Morgan fingerprint density at radius 3 is 2.38 bits per heavy atom. The van der Waals surface area contributed by atoms with Crippen LogP contribution in [0.3, 0.4) is 0 Å². The Hall–Kier alpha value is -2.95. The first-order chi connectivity index (χ1) is 13.9. The van der Waals surface area contributed by atoms with Gasteiger partial charge in [0, 0.05) is 18.0 Å². The molecule has 1 aliphatic rings. The van der Waals surface area contributed by atoms with Crippen molar-refractivity contribution in [3.63, 3.8) is 0 Å². The van der Waals surface area contributed by atoms with Crippen LogP contribution in [0.4, 0.5) is 0 Å². The summed E-state index contributed by atoms with van der Waals surface area (Å²) in [4.78, 5) is 27.8. The maximum absolute atomic E-state index is 13.1. The number of rotatable bonds is 6. The van der Waals surface area contributed by atoms with Crippen molar-refractivity contribution in [3.05, 3.63) is 75.7 Å². The summed E-state index contributed by atoms with van der Waals surface area (Å²) in [6.07, 6.45) is 2.05. The number of carbonyl (C=O) groups excluding carboxylic acids is 1. The highest BCUT2D eigenvalue weighted by Crippen LogP contribution is 2.29. The smallest absolute Gasteiger partial charge is 0.275 e. The van der Waals surface area contributed by atoms with Crippen molar-refractivity contribution in [2.45, 2.75) is 58.7 Å². The number of amides is 1. The highest BCUT2D eigenvalue weighted by molar-refractivity contribution is 5.83. The lowest BCUT2D eigenvalue weighted by Crippen LogP contribution is -2.38. The van der Waals surface area contributed by atoms with Crippen LogP contribution in [0.1, 0.15) is 49.4 Å². The molecule has 3 aromatic rings. The molecule has 5 heteroatoms. The SMILES string of the molecule is Cc1nn(CC(=O)N(Cc2ccc(C(C)C)cc2)C2CC2)c(=O)c2ccccc12. The first-order valence-corrected chi connectivity index (χ1v) is 10.3. The van der Waals surface area contributed by atoms with Crippen LogP contribution in [0.2, 0.25) is 0 Å². The van der Waals surface area contributed by atoms with Crippen LogP contribution >= 0.6 is 0 Å². The molecule has 1 aliphatic carbocycles. The first kappa shape index (κ1) is 19.4. The van der Waals surface area contributed by atoms with E-state index >= 15 is 0 Å². The molecule has 0 bridgehead atoms. The van der Waals surface area contributed by atoms with Crippen LogP contribution < -0.4 is 5.56 Å². The minimum absolute atomic E-state index is 0.0227. The minimum atomic E-state index is -0.211. The number of carbonyl (C=O) groups is 1. The van der Waals surface area contributed by atoms with Gasteiger partial charge in [-0.05, 0) is 42.9 Å². The van der Waals surface area contributed by atoms with Gasteiger partial charge in [0.05, 0.1) is 11.1 Å². The molecule has 1 heterocycles. The summed E-state index contributed by atoms with van der Waals surface area (Å²) in [6, 6.07) is 16.2. The normalized spacial score (nSPS) is 13.8. The number of hydrogen-bond acceptors (Lipinski definition) is 3. The minimum Gasteiger partial charge on any atom is -0.334 e. The molecular weight excluding hydrogens is 362 g/mol. The van der Waals surface area contributed by atoms with Gasteiger partial charge in [0.2, 0.25) is 5.91 Å². The van der Waals surface area contributed by atoms with E-state index in [4.69, 9.17) is 0 Å². The molecule has 1 aromatic heterocycles. The number of benzene rings is 2. The topological polar surface area (TPSA) is 55.2 Å². The molecule has 0 radical (unpaired) electrons. The lowest BCUT2D eigenvalue weighted by molar-refractivity contribution is -0.133. The summed E-state index contributed by atoms with van der Waals surface area (Å²) in [5.74, 6) is 0.434. The Kier molecular flexibility index (Phi) is 5.22. The van der Waals surface area contributed by atoms with E-state index in [1.807, 2.05) is 30.0 Å². The third-order valence-corrected chi connectivity index (χ3v) is 5.64. The predicted octanol–water partition coefficient (Wildman–Crippen LogP) is 4.02. The summed E-state index contributed by atoms with van der Waals surface area (Å²) in [5.41, 5.74) is 2.96. The van der Waals surface area contributed by atoms with Gasteiger partial charge < -0.3 is 4.90 Å². The van der Waals surface area contributed by atoms with Crippen molar-refractivity contribution in [3.8, 4) is 0 Å². The molecule has 0 spiro atoms. The van der Waals surface area contributed by atoms with E-state index in [1.165, 1.54) is 10.2 Å². The Bertz CT molecular complexity index is 1100. The van der Waals surface area contributed by atoms with Crippen molar-refractivity contribution in [2.75, 3.05) is 0 Å². The van der Waals surface area contributed by atoms with Crippen LogP contribution in [0, 0.1) is 6.92 Å². The van der Waals surface area contributed by atoms with Gasteiger partial charge in [-0.25, -0.2) is 4.68 Å². The molecule has 29 heavy (non-hydrogen) atoms. The van der Waals surface area contributed by atoms with E-state index in [0.717, 1.165) is 29.5 Å². The molecule has 2 aromatic carbocycles. The number of fused-ring (bicyclic) bond motifs is 1. The Labute approximate surface area is 171 Å². The number of aryl methyl sites for hydroxylation is 1. The largest absolute Gasteiger partial charge is 0.334 e. The van der Waals surface area contributed by atoms with Gasteiger partial charge in [-0.2, -0.15) is 5.10 Å². The lowest BCUT2D eigenvalue weighted by atomic mass is 10.0. The molecule has 5 nitrogen and oxygen atoms in total. The van der Waals surface area contributed by atoms with Crippen LogP contribution in [0.5, 0.6) is 0 Å². The van der Waals surface area contributed by atoms with E-state index in [2.05, 4.69) is 43.2 Å². The van der Waals surface area contributed by atoms with Gasteiger partial charge in [0.1, 0.15) is 6.54 Å². The molecular formula is C24H27N3O2. The first-order valence-electron chi connectivity index (χ1n) is 10.3. The fraction of sp³-hybridized carbons (Fsp3) is 0.375. The maximum atomic E-state index is 13.1. The quantitative estimate of drug-likeness (QED) is 0.640. The Morgan fingerprint density at radius 2 is 1.76 bits per heavy atom. The van der Waals surface area contributed by atoms with E-state index in [9.17, 15) is 9.59 Å². The van der Waals surface area contributed by atoms with Gasteiger partial charge in [-0.3, -0.25) is 9.59 Å². The van der Waals surface area contributed by atoms with Crippen molar-refractivity contribution < 1.29 is 4.79 Å². The maximum Gasteiger partial charge on any atom is 0.275 e. The summed E-state index contributed by atoms with van der Waals surface area (Å²) >= 11 is 0. The second-order valence-corrected chi connectivity index (χ2v) is 8.24. The van der Waals surface area contributed by atoms with Gasteiger partial charge in [-0.1, -0.05) is 56.3 Å². The van der Waals surface area contributed by atoms with Crippen LogP contribution in [-0.2, 0) is 17.9 Å². The summed E-state index contributed by atoms with van der Waals surface area (Å²) in [5, 5.41) is 5.84. The molecule has 150 valence electrons. The second kappa shape index (κ2) is 7.82. The number of nitrogens with zero attached hydrogens (tertiary/aromatic N) is 3. The predicted molar refractivity (Wildman–Crippen MR) is 115 cm³/mol. The van der Waals surface area contributed by atoms with Gasteiger partial charge in [0.15, 0.2) is 0 Å². The van der Waals surface area contributed by atoms with Crippen molar-refractivity contribution in [1.82, 2.24) is 14.7 Å². The average molecular weight is 389 g/mol. The second-order valence-electron chi connectivity index (χ2n) is 8.24. The molecule has 1 saturated carbocycles. The van der Waals surface area contributed by atoms with Crippen molar-refractivity contribution >= 4 is 16.7 Å². The fourth-order valence-corrected chi connectivity index (χ4v) is 3.74. The number of hydrogen-bond donors (Lipinski definition) is 0. The summed E-state index contributed by atoms with van der Waals surface area (Å²) in [6.45, 7) is 6.77. The average Bonchev–Trinajstić information content (AvgIpc) is 3.55. The van der Waals surface area contributed by atoms with Crippen molar-refractivity contribution in [2.24, 2.45) is 0 Å². The molecule has 0 unspecified atom stereocenters. The molecule has 0 N–H and O–H groups in total. The molecule has 1 fully saturated rings. The van der Waals surface area contributed by atoms with Gasteiger partial charge in [0.25, 0.3) is 5.56 Å². The van der Waals surface area contributed by atoms with Crippen LogP contribution in [-0.4, -0.2) is 26.6 Å². The van der Waals surface area contributed by atoms with E-state index in [-0.39, 0.29) is 24.1 Å². The van der Waals surface area contributed by atoms with Gasteiger partial charge in [-0.15, -0.1) is 0 Å². The highest BCUT2D eigenvalue weighted by Gasteiger charge is 2.32. The fourth-order valence-electron chi connectivity index (χ4n) is 3.74. The van der Waals surface area contributed by atoms with E-state index in [0.29, 0.717) is 17.8 Å². The molecule has 0 aliphatic heterocycles. The molecule has 0 saturated heterocycles. The molecule has 4 rings (SSSR count). The van der Waals surface area contributed by atoms with Crippen LogP contribution in [0.15, 0.2) is 53.3 Å². The summed E-state index contributed by atoms with van der Waals surface area (Å²) < 4.78 is 1.32. The molecule has 0 atom stereocenters. The monoisotopic (exact) mass is 389 g/mol. The van der Waals surface area contributed by atoms with Gasteiger partial charge >= 0.3 is 0 Å².